The second-order valence-electron chi connectivity index (χ2n) is 5.71. The van der Waals surface area contributed by atoms with E-state index < -0.39 is 5.41 Å². The maximum absolute atomic E-state index is 12.7. The first-order valence-corrected chi connectivity index (χ1v) is 7.16. The zero-order valence-electron chi connectivity index (χ0n) is 12.4. The highest BCUT2D eigenvalue weighted by Crippen LogP contribution is 2.46. The van der Waals surface area contributed by atoms with E-state index >= 15 is 0 Å². The Morgan fingerprint density at radius 2 is 1.67 bits per heavy atom. The molecule has 3 rings (SSSR count). The summed E-state index contributed by atoms with van der Waals surface area (Å²) in [4.78, 5) is 14.8. The van der Waals surface area contributed by atoms with Gasteiger partial charge in [0.1, 0.15) is 11.2 Å². The van der Waals surface area contributed by atoms with Crippen molar-refractivity contribution < 1.29 is 9.53 Å². The monoisotopic (exact) mass is 281 g/mol. The molecule has 0 aromatic heterocycles. The molecule has 3 heteroatoms. The summed E-state index contributed by atoms with van der Waals surface area (Å²) in [6.07, 6.45) is 0.708. The van der Waals surface area contributed by atoms with Crippen LogP contribution in [0.15, 0.2) is 54.6 Å². The quantitative estimate of drug-likeness (QED) is 0.637. The number of ether oxygens (including phenoxy) is 1. The van der Waals surface area contributed by atoms with Crippen molar-refractivity contribution in [2.45, 2.75) is 11.8 Å². The Kier molecular flexibility index (Phi) is 3.52. The largest absolute Gasteiger partial charge is 0.425 e. The molecule has 1 aliphatic rings. The molecule has 0 fully saturated rings. The topological polar surface area (TPSA) is 29.5 Å². The van der Waals surface area contributed by atoms with Gasteiger partial charge in [-0.3, -0.25) is 4.79 Å². The van der Waals surface area contributed by atoms with Gasteiger partial charge in [0.25, 0.3) is 0 Å². The highest BCUT2D eigenvalue weighted by atomic mass is 16.5. The molecule has 1 atom stereocenters. The van der Waals surface area contributed by atoms with Crippen LogP contribution in [-0.4, -0.2) is 31.5 Å². The molecule has 21 heavy (non-hydrogen) atoms. The van der Waals surface area contributed by atoms with E-state index in [1.165, 1.54) is 0 Å². The number of carbonyl (C=O) groups excluding carboxylic acids is 1. The molecule has 1 heterocycles. The maximum Gasteiger partial charge on any atom is 0.326 e. The zero-order chi connectivity index (χ0) is 14.9. The lowest BCUT2D eigenvalue weighted by atomic mass is 9.73. The minimum atomic E-state index is -0.692. The summed E-state index contributed by atoms with van der Waals surface area (Å²) >= 11 is 0. The van der Waals surface area contributed by atoms with Gasteiger partial charge in [-0.05, 0) is 38.7 Å². The fourth-order valence-corrected chi connectivity index (χ4v) is 2.97. The van der Waals surface area contributed by atoms with Crippen LogP contribution in [0.1, 0.15) is 17.5 Å². The number of esters is 1. The first-order chi connectivity index (χ1) is 10.1. The summed E-state index contributed by atoms with van der Waals surface area (Å²) in [6, 6.07) is 17.7. The van der Waals surface area contributed by atoms with Crippen LogP contribution in [0.4, 0.5) is 0 Å². The summed E-state index contributed by atoms with van der Waals surface area (Å²) in [5.41, 5.74) is 1.28. The molecule has 3 nitrogen and oxygen atoms in total. The van der Waals surface area contributed by atoms with Crippen LogP contribution < -0.4 is 4.74 Å². The van der Waals surface area contributed by atoms with Crippen LogP contribution in [0.3, 0.4) is 0 Å². The van der Waals surface area contributed by atoms with Crippen molar-refractivity contribution >= 4 is 5.97 Å². The summed E-state index contributed by atoms with van der Waals surface area (Å²) in [5, 5.41) is 0. The molecule has 0 saturated carbocycles. The minimum Gasteiger partial charge on any atom is -0.425 e. The summed E-state index contributed by atoms with van der Waals surface area (Å²) in [5.74, 6) is 0.516. The van der Waals surface area contributed by atoms with E-state index in [2.05, 4.69) is 4.90 Å². The molecule has 1 unspecified atom stereocenters. The third-order valence-electron chi connectivity index (χ3n) is 4.10. The first-order valence-electron chi connectivity index (χ1n) is 7.16. The van der Waals surface area contributed by atoms with Gasteiger partial charge in [-0.1, -0.05) is 48.5 Å². The number of benzene rings is 2. The lowest BCUT2D eigenvalue weighted by molar-refractivity contribution is -0.137. The number of carbonyl (C=O) groups is 1. The Bertz CT molecular complexity index is 651. The van der Waals surface area contributed by atoms with Gasteiger partial charge in [0, 0.05) is 5.56 Å². The molecule has 108 valence electrons. The normalized spacial score (nSPS) is 20.4. The Labute approximate surface area is 125 Å². The highest BCUT2D eigenvalue weighted by molar-refractivity contribution is 5.94. The third-order valence-corrected chi connectivity index (χ3v) is 4.10. The molecule has 0 spiro atoms. The second-order valence-corrected chi connectivity index (χ2v) is 5.71. The number of hydrogen-bond donors (Lipinski definition) is 0. The van der Waals surface area contributed by atoms with Gasteiger partial charge in [0.2, 0.25) is 0 Å². The molecule has 0 N–H and O–H groups in total. The third kappa shape index (κ3) is 2.24. The van der Waals surface area contributed by atoms with Crippen molar-refractivity contribution in [2.24, 2.45) is 0 Å². The SMILES string of the molecule is CN(C)CCC1(c2ccccc2)C(=O)Oc2ccccc21. The number of rotatable bonds is 4. The van der Waals surface area contributed by atoms with Crippen molar-refractivity contribution in [2.75, 3.05) is 20.6 Å². The molecule has 0 saturated heterocycles. The Morgan fingerprint density at radius 1 is 1.00 bits per heavy atom. The summed E-state index contributed by atoms with van der Waals surface area (Å²) < 4.78 is 5.55. The molecule has 0 aliphatic carbocycles. The number of hydrogen-bond acceptors (Lipinski definition) is 3. The lowest BCUT2D eigenvalue weighted by Gasteiger charge is -2.28. The van der Waals surface area contributed by atoms with Crippen LogP contribution in [0.5, 0.6) is 5.75 Å². The van der Waals surface area contributed by atoms with Gasteiger partial charge in [-0.25, -0.2) is 0 Å². The van der Waals surface area contributed by atoms with E-state index in [0.717, 1.165) is 17.7 Å². The standard InChI is InChI=1S/C18H19NO2/c1-19(2)13-12-18(14-8-4-3-5-9-14)15-10-6-7-11-16(15)21-17(18)20/h3-11H,12-13H2,1-2H3. The summed E-state index contributed by atoms with van der Waals surface area (Å²) in [7, 11) is 4.04. The Hall–Kier alpha value is -2.13. The first kappa shape index (κ1) is 13.8. The van der Waals surface area contributed by atoms with E-state index in [1.807, 2.05) is 68.7 Å². The zero-order valence-corrected chi connectivity index (χ0v) is 12.4. The lowest BCUT2D eigenvalue weighted by Crippen LogP contribution is -2.38. The average molecular weight is 281 g/mol. The van der Waals surface area contributed by atoms with Crippen molar-refractivity contribution in [1.29, 1.82) is 0 Å². The van der Waals surface area contributed by atoms with Gasteiger partial charge in [-0.15, -0.1) is 0 Å². The van der Waals surface area contributed by atoms with Crippen molar-refractivity contribution in [3.63, 3.8) is 0 Å². The van der Waals surface area contributed by atoms with Crippen molar-refractivity contribution in [3.8, 4) is 5.75 Å². The number of nitrogens with zero attached hydrogens (tertiary/aromatic N) is 1. The number of para-hydroxylation sites is 1. The van der Waals surface area contributed by atoms with Crippen LogP contribution in [0.2, 0.25) is 0 Å². The van der Waals surface area contributed by atoms with Gasteiger partial charge in [0.05, 0.1) is 0 Å². The Balaban J connectivity index is 2.15. The molecule has 0 radical (unpaired) electrons. The van der Waals surface area contributed by atoms with Gasteiger partial charge < -0.3 is 9.64 Å². The molecule has 0 amide bonds. The predicted molar refractivity (Wildman–Crippen MR) is 82.5 cm³/mol. The van der Waals surface area contributed by atoms with Gasteiger partial charge >= 0.3 is 5.97 Å². The number of fused-ring (bicyclic) bond motifs is 1. The van der Waals surface area contributed by atoms with Crippen molar-refractivity contribution in [1.82, 2.24) is 4.90 Å². The van der Waals surface area contributed by atoms with Gasteiger partial charge in [-0.2, -0.15) is 0 Å². The molecule has 1 aliphatic heterocycles. The van der Waals surface area contributed by atoms with Crippen LogP contribution in [0, 0.1) is 0 Å². The van der Waals surface area contributed by atoms with Gasteiger partial charge in [0.15, 0.2) is 0 Å². The van der Waals surface area contributed by atoms with E-state index in [4.69, 9.17) is 4.74 Å². The highest BCUT2D eigenvalue weighted by Gasteiger charge is 2.49. The summed E-state index contributed by atoms with van der Waals surface area (Å²) in [6.45, 7) is 0.818. The van der Waals surface area contributed by atoms with E-state index in [0.29, 0.717) is 12.2 Å². The maximum atomic E-state index is 12.7. The minimum absolute atomic E-state index is 0.170. The smallest absolute Gasteiger partial charge is 0.326 e. The molecule has 2 aromatic carbocycles. The Morgan fingerprint density at radius 3 is 2.38 bits per heavy atom. The second kappa shape index (κ2) is 5.34. The van der Waals surface area contributed by atoms with E-state index in [9.17, 15) is 4.79 Å². The molecular weight excluding hydrogens is 262 g/mol. The average Bonchev–Trinajstić information content (AvgIpc) is 2.79. The van der Waals surface area contributed by atoms with Crippen LogP contribution >= 0.6 is 0 Å². The van der Waals surface area contributed by atoms with Crippen LogP contribution in [-0.2, 0) is 10.2 Å². The van der Waals surface area contributed by atoms with E-state index in [-0.39, 0.29) is 5.97 Å². The fraction of sp³-hybridized carbons (Fsp3) is 0.278. The van der Waals surface area contributed by atoms with Crippen LogP contribution in [0.25, 0.3) is 0 Å². The fourth-order valence-electron chi connectivity index (χ4n) is 2.97. The molecule has 0 bridgehead atoms. The predicted octanol–water partition coefficient (Wildman–Crippen LogP) is 2.84. The van der Waals surface area contributed by atoms with Crippen molar-refractivity contribution in [3.05, 3.63) is 65.7 Å². The van der Waals surface area contributed by atoms with E-state index in [1.54, 1.807) is 0 Å². The molecule has 2 aromatic rings. The molecular formula is C18H19NO2.